The molecule has 0 bridgehead atoms. The molecule has 0 aliphatic carbocycles. The number of thiophene rings is 1. The third-order valence-electron chi connectivity index (χ3n) is 3.67. The van der Waals surface area contributed by atoms with Gasteiger partial charge in [-0.1, -0.05) is 20.8 Å². The van der Waals surface area contributed by atoms with Gasteiger partial charge in [0.05, 0.1) is 16.7 Å². The number of rotatable bonds is 8. The molecule has 0 saturated carbocycles. The van der Waals surface area contributed by atoms with Crippen LogP contribution < -0.4 is 10.5 Å². The molecule has 2 heterocycles. The minimum atomic E-state index is -3.69. The van der Waals surface area contributed by atoms with E-state index in [-0.39, 0.29) is 22.1 Å². The number of sulfonamides is 1. The minimum Gasteiger partial charge on any atom is -0.465 e. The molecule has 0 radical (unpaired) electrons. The quantitative estimate of drug-likeness (QED) is 0.386. The predicted octanol–water partition coefficient (Wildman–Crippen LogP) is 1.96. The Bertz CT molecular complexity index is 703. The van der Waals surface area contributed by atoms with Crippen LogP contribution in [-0.2, 0) is 19.6 Å². The zero-order valence-corrected chi connectivity index (χ0v) is 17.1. The fourth-order valence-corrected chi connectivity index (χ4v) is 5.99. The lowest BCUT2D eigenvalue weighted by molar-refractivity contribution is -0.147. The first-order valence-corrected chi connectivity index (χ1v) is 11.4. The Kier molecular flexibility index (Phi) is 7.29. The van der Waals surface area contributed by atoms with Gasteiger partial charge >= 0.3 is 5.97 Å². The molecule has 142 valence electrons. The summed E-state index contributed by atoms with van der Waals surface area (Å²) >= 11 is 2.75. The van der Waals surface area contributed by atoms with E-state index in [9.17, 15) is 13.2 Å². The zero-order chi connectivity index (χ0) is 18.6. The van der Waals surface area contributed by atoms with Crippen LogP contribution in [0.2, 0.25) is 0 Å². The van der Waals surface area contributed by atoms with Crippen molar-refractivity contribution in [2.75, 3.05) is 26.2 Å². The van der Waals surface area contributed by atoms with Crippen LogP contribution in [0.4, 0.5) is 0 Å². The number of carbonyl (C=O) groups excluding carboxylic acids is 1. The summed E-state index contributed by atoms with van der Waals surface area (Å²) in [5.74, 6) is -0.303. The van der Waals surface area contributed by atoms with Crippen LogP contribution in [0.1, 0.15) is 38.8 Å². The molecule has 1 aromatic rings. The van der Waals surface area contributed by atoms with Gasteiger partial charge in [-0.2, -0.15) is 0 Å². The highest BCUT2D eigenvalue weighted by Gasteiger charge is 2.30. The number of fused-ring (bicyclic) bond motifs is 1. The highest BCUT2D eigenvalue weighted by atomic mass is 32.3. The molecule has 0 fully saturated rings. The van der Waals surface area contributed by atoms with Crippen molar-refractivity contribution in [3.63, 3.8) is 0 Å². The fraction of sp³-hybridized carbons (Fsp3) is 0.667. The third-order valence-corrected chi connectivity index (χ3v) is 7.51. The molecular formula is C15H25N3O4S3. The normalized spacial score (nSPS) is 18.4. The summed E-state index contributed by atoms with van der Waals surface area (Å²) in [5, 5.41) is 8.65. The Morgan fingerprint density at radius 1 is 1.52 bits per heavy atom. The van der Waals surface area contributed by atoms with E-state index in [0.29, 0.717) is 6.61 Å². The molecule has 1 atom stereocenters. The number of nitrogens with two attached hydrogens (primary N) is 1. The van der Waals surface area contributed by atoms with E-state index in [4.69, 9.17) is 9.88 Å². The highest BCUT2D eigenvalue weighted by Crippen LogP contribution is 2.43. The van der Waals surface area contributed by atoms with Gasteiger partial charge in [0, 0.05) is 19.1 Å². The summed E-state index contributed by atoms with van der Waals surface area (Å²) in [4.78, 5) is 11.5. The number of esters is 1. The Morgan fingerprint density at radius 3 is 2.84 bits per heavy atom. The van der Waals surface area contributed by atoms with Crippen LogP contribution in [-0.4, -0.2) is 44.9 Å². The van der Waals surface area contributed by atoms with Crippen molar-refractivity contribution in [1.29, 1.82) is 0 Å². The molecule has 10 heteroatoms. The van der Waals surface area contributed by atoms with Gasteiger partial charge in [0.2, 0.25) is 10.0 Å². The third kappa shape index (κ3) is 5.66. The lowest BCUT2D eigenvalue weighted by atomic mass is 10.1. The summed E-state index contributed by atoms with van der Waals surface area (Å²) in [6, 6.07) is 1.74. The van der Waals surface area contributed by atoms with Gasteiger partial charge in [0.1, 0.15) is 4.21 Å². The van der Waals surface area contributed by atoms with E-state index < -0.39 is 10.0 Å². The first kappa shape index (κ1) is 20.7. The van der Waals surface area contributed by atoms with Crippen molar-refractivity contribution in [2.24, 2.45) is 11.1 Å². The number of nitrogens with zero attached hydrogens (tertiary/aromatic N) is 1. The minimum absolute atomic E-state index is 0.0613. The van der Waals surface area contributed by atoms with E-state index in [1.165, 1.54) is 11.3 Å². The molecule has 0 unspecified atom stereocenters. The lowest BCUT2D eigenvalue weighted by Gasteiger charge is -2.31. The van der Waals surface area contributed by atoms with Crippen molar-refractivity contribution in [1.82, 2.24) is 9.62 Å². The number of carbonyl (C=O) groups is 1. The number of likely N-dealkylation sites (N-methyl/N-ethyl adjacent to an activating group) is 1. The molecule has 1 aliphatic heterocycles. The summed E-state index contributed by atoms with van der Waals surface area (Å²) in [5.41, 5.74) is 0.989. The van der Waals surface area contributed by atoms with E-state index in [2.05, 4.69) is 9.62 Å². The van der Waals surface area contributed by atoms with Gasteiger partial charge < -0.3 is 10.1 Å². The standard InChI is InChI=1S/C15H25N3O4S3/c1-4-17-12-9-18(6-5-7-22-14(19)10(2)3)24-15-11(12)8-13(23-15)25(16,20)21/h8,10,12,17H,4-7,9H2,1-3H3,(H2,16,20,21)/t12-/m0/s1. The van der Waals surface area contributed by atoms with Crippen LogP contribution in [0.25, 0.3) is 0 Å². The van der Waals surface area contributed by atoms with E-state index in [0.717, 1.165) is 35.8 Å². The molecule has 0 amide bonds. The smallest absolute Gasteiger partial charge is 0.308 e. The lowest BCUT2D eigenvalue weighted by Crippen LogP contribution is -2.35. The van der Waals surface area contributed by atoms with E-state index in [1.807, 2.05) is 20.8 Å². The monoisotopic (exact) mass is 407 g/mol. The Labute approximate surface area is 157 Å². The van der Waals surface area contributed by atoms with Crippen LogP contribution in [0.5, 0.6) is 0 Å². The molecule has 2 rings (SSSR count). The molecule has 0 spiro atoms. The average molecular weight is 408 g/mol. The fourth-order valence-electron chi connectivity index (χ4n) is 2.41. The van der Waals surface area contributed by atoms with Crippen molar-refractivity contribution < 1.29 is 17.9 Å². The van der Waals surface area contributed by atoms with Gasteiger partial charge in [0.15, 0.2) is 0 Å². The van der Waals surface area contributed by atoms with Crippen molar-refractivity contribution in [2.45, 2.75) is 41.7 Å². The van der Waals surface area contributed by atoms with Crippen molar-refractivity contribution >= 4 is 39.3 Å². The number of hydrogen-bond acceptors (Lipinski definition) is 8. The van der Waals surface area contributed by atoms with Crippen LogP contribution in [0, 0.1) is 5.92 Å². The summed E-state index contributed by atoms with van der Waals surface area (Å²) in [6.45, 7) is 8.32. The summed E-state index contributed by atoms with van der Waals surface area (Å²) in [6.07, 6.45) is 0.729. The Balaban J connectivity index is 1.99. The summed E-state index contributed by atoms with van der Waals surface area (Å²) in [7, 11) is -3.69. The second-order valence-corrected chi connectivity index (χ2v) is 10.3. The zero-order valence-electron chi connectivity index (χ0n) is 14.6. The van der Waals surface area contributed by atoms with Crippen LogP contribution >= 0.6 is 23.3 Å². The van der Waals surface area contributed by atoms with Gasteiger partial charge in [0.25, 0.3) is 0 Å². The van der Waals surface area contributed by atoms with Gasteiger partial charge in [-0.3, -0.25) is 4.79 Å². The molecule has 1 aliphatic rings. The first-order valence-electron chi connectivity index (χ1n) is 8.21. The highest BCUT2D eigenvalue weighted by molar-refractivity contribution is 7.99. The van der Waals surface area contributed by atoms with Gasteiger partial charge in [-0.25, -0.2) is 17.9 Å². The SMILES string of the molecule is CCN[C@H]1CN(CCCOC(=O)C(C)C)Sc2sc(S(N)(=O)=O)cc21. The molecule has 25 heavy (non-hydrogen) atoms. The molecule has 0 saturated heterocycles. The number of ether oxygens (including phenoxy) is 1. The van der Waals surface area contributed by atoms with Crippen LogP contribution in [0.15, 0.2) is 14.5 Å². The maximum atomic E-state index is 11.6. The predicted molar refractivity (Wildman–Crippen MR) is 100.0 cm³/mol. The average Bonchev–Trinajstić information content (AvgIpc) is 2.96. The molecular weight excluding hydrogens is 382 g/mol. The van der Waals surface area contributed by atoms with Gasteiger partial charge in [-0.05, 0) is 36.5 Å². The number of nitrogens with one attached hydrogen (secondary N) is 1. The van der Waals surface area contributed by atoms with Crippen LogP contribution in [0.3, 0.4) is 0 Å². The summed E-state index contributed by atoms with van der Waals surface area (Å²) < 4.78 is 31.8. The molecule has 7 nitrogen and oxygen atoms in total. The topological polar surface area (TPSA) is 102 Å². The van der Waals surface area contributed by atoms with Crippen molar-refractivity contribution in [3.8, 4) is 0 Å². The van der Waals surface area contributed by atoms with Gasteiger partial charge in [-0.15, -0.1) is 11.3 Å². The maximum Gasteiger partial charge on any atom is 0.308 e. The first-order chi connectivity index (χ1) is 11.7. The van der Waals surface area contributed by atoms with E-state index >= 15 is 0 Å². The van der Waals surface area contributed by atoms with Crippen molar-refractivity contribution in [3.05, 3.63) is 11.6 Å². The second kappa shape index (κ2) is 8.83. The number of hydrogen-bond donors (Lipinski definition) is 2. The second-order valence-electron chi connectivity index (χ2n) is 6.12. The maximum absolute atomic E-state index is 11.6. The molecule has 1 aromatic heterocycles. The Hall–Kier alpha value is -0.650. The molecule has 3 N–H and O–H groups in total. The largest absolute Gasteiger partial charge is 0.465 e. The Morgan fingerprint density at radius 2 is 2.24 bits per heavy atom. The van der Waals surface area contributed by atoms with E-state index in [1.54, 1.807) is 18.0 Å². The molecule has 0 aromatic carbocycles. The number of primary sulfonamides is 1.